The molecular formula is C22H20F3NO2. The Morgan fingerprint density at radius 2 is 1.82 bits per heavy atom. The Balaban J connectivity index is 1.47. The second-order valence-corrected chi connectivity index (χ2v) is 7.74. The maximum absolute atomic E-state index is 14.5. The minimum absolute atomic E-state index is 0.00982. The molecule has 2 aromatic rings. The average molecular weight is 387 g/mol. The first-order chi connectivity index (χ1) is 13.5. The normalized spacial score (nSPS) is 20.4. The van der Waals surface area contributed by atoms with Crippen LogP contribution in [0.1, 0.15) is 35.6 Å². The molecule has 2 aliphatic rings. The molecule has 28 heavy (non-hydrogen) atoms. The maximum Gasteiger partial charge on any atom is 0.186 e. The van der Waals surface area contributed by atoms with Crippen LogP contribution in [0.5, 0.6) is 11.5 Å². The summed E-state index contributed by atoms with van der Waals surface area (Å²) in [5, 5.41) is 8.86. The molecule has 146 valence electrons. The third-order valence-electron chi connectivity index (χ3n) is 5.48. The van der Waals surface area contributed by atoms with Gasteiger partial charge in [0, 0.05) is 5.56 Å². The molecule has 6 heteroatoms. The zero-order chi connectivity index (χ0) is 19.8. The molecule has 3 nitrogen and oxygen atoms in total. The van der Waals surface area contributed by atoms with Crippen LogP contribution in [0.3, 0.4) is 0 Å². The summed E-state index contributed by atoms with van der Waals surface area (Å²) in [6.07, 6.45) is 2.34. The molecule has 2 heterocycles. The molecule has 0 bridgehead atoms. The van der Waals surface area contributed by atoms with Crippen molar-refractivity contribution in [3.8, 4) is 17.6 Å². The molecule has 0 fully saturated rings. The largest absolute Gasteiger partial charge is 0.493 e. The number of rotatable bonds is 3. The van der Waals surface area contributed by atoms with Crippen LogP contribution in [0.2, 0.25) is 0 Å². The van der Waals surface area contributed by atoms with E-state index in [0.29, 0.717) is 42.9 Å². The Morgan fingerprint density at radius 3 is 2.61 bits per heavy atom. The highest BCUT2D eigenvalue weighted by molar-refractivity contribution is 5.46. The zero-order valence-corrected chi connectivity index (χ0v) is 15.5. The summed E-state index contributed by atoms with van der Waals surface area (Å²) < 4.78 is 53.7. The molecule has 0 N–H and O–H groups in total. The number of ether oxygens (including phenoxy) is 2. The summed E-state index contributed by atoms with van der Waals surface area (Å²) >= 11 is 0. The fraction of sp³-hybridized carbons (Fsp3) is 0.409. The number of halogens is 3. The van der Waals surface area contributed by atoms with Crippen molar-refractivity contribution in [3.63, 3.8) is 0 Å². The Bertz CT molecular complexity index is 967. The average Bonchev–Trinajstić information content (AvgIpc) is 2.66. The third-order valence-corrected chi connectivity index (χ3v) is 5.48. The van der Waals surface area contributed by atoms with Crippen LogP contribution < -0.4 is 9.47 Å². The van der Waals surface area contributed by atoms with Crippen molar-refractivity contribution in [2.24, 2.45) is 11.8 Å². The second kappa shape index (κ2) is 7.38. The standard InChI is InChI=1S/C22H20F3NO2/c1-12-4-15-6-18(23)14(8-20(15)27-10-12)3-2-13-5-16-7-19(24)17(9-26)21(25)22(16)28-11-13/h6-8,12-13H,2-5,10-11H2,1H3. The lowest BCUT2D eigenvalue weighted by atomic mass is 9.89. The molecule has 2 atom stereocenters. The number of aryl methyl sites for hydroxylation is 1. The molecule has 0 spiro atoms. The molecular weight excluding hydrogens is 367 g/mol. The predicted octanol–water partition coefficient (Wildman–Crippen LogP) is 4.73. The molecule has 4 rings (SSSR count). The highest BCUT2D eigenvalue weighted by atomic mass is 19.1. The van der Waals surface area contributed by atoms with Crippen LogP contribution in [0.15, 0.2) is 18.2 Å². The topological polar surface area (TPSA) is 42.2 Å². The number of nitrogens with zero attached hydrogens (tertiary/aromatic N) is 1. The van der Waals surface area contributed by atoms with Gasteiger partial charge in [-0.25, -0.2) is 13.2 Å². The summed E-state index contributed by atoms with van der Waals surface area (Å²) in [5.41, 5.74) is 1.27. The molecule has 2 unspecified atom stereocenters. The van der Waals surface area contributed by atoms with Gasteiger partial charge in [-0.1, -0.05) is 6.92 Å². The van der Waals surface area contributed by atoms with Gasteiger partial charge >= 0.3 is 0 Å². The van der Waals surface area contributed by atoms with Gasteiger partial charge < -0.3 is 9.47 Å². The van der Waals surface area contributed by atoms with Gasteiger partial charge in [-0.3, -0.25) is 0 Å². The molecule has 0 saturated carbocycles. The highest BCUT2D eigenvalue weighted by Crippen LogP contribution is 2.35. The summed E-state index contributed by atoms with van der Waals surface area (Å²) in [5.74, 6) is -0.984. The lowest BCUT2D eigenvalue weighted by Crippen LogP contribution is -2.23. The van der Waals surface area contributed by atoms with Crippen molar-refractivity contribution < 1.29 is 22.6 Å². The fourth-order valence-electron chi connectivity index (χ4n) is 3.96. The first-order valence-corrected chi connectivity index (χ1v) is 9.44. The molecule has 0 amide bonds. The number of nitriles is 1. The summed E-state index contributed by atoms with van der Waals surface area (Å²) in [6.45, 7) is 2.95. The van der Waals surface area contributed by atoms with Gasteiger partial charge in [0.05, 0.1) is 13.2 Å². The second-order valence-electron chi connectivity index (χ2n) is 7.74. The number of benzene rings is 2. The van der Waals surface area contributed by atoms with Gasteiger partial charge in [0.1, 0.15) is 29.0 Å². The van der Waals surface area contributed by atoms with Crippen molar-refractivity contribution in [2.45, 2.75) is 32.6 Å². The lowest BCUT2D eigenvalue weighted by Gasteiger charge is -2.26. The summed E-state index contributed by atoms with van der Waals surface area (Å²) in [4.78, 5) is 0. The predicted molar refractivity (Wildman–Crippen MR) is 96.8 cm³/mol. The van der Waals surface area contributed by atoms with Crippen LogP contribution in [0.4, 0.5) is 13.2 Å². The van der Waals surface area contributed by atoms with Gasteiger partial charge in [0.2, 0.25) is 0 Å². The van der Waals surface area contributed by atoms with Crippen LogP contribution in [-0.2, 0) is 19.3 Å². The van der Waals surface area contributed by atoms with Crippen LogP contribution in [0, 0.1) is 40.6 Å². The summed E-state index contributed by atoms with van der Waals surface area (Å²) in [7, 11) is 0. The Hall–Kier alpha value is -2.68. The van der Waals surface area contributed by atoms with Crippen LogP contribution in [-0.4, -0.2) is 13.2 Å². The van der Waals surface area contributed by atoms with E-state index < -0.39 is 17.2 Å². The number of hydrogen-bond donors (Lipinski definition) is 0. The minimum Gasteiger partial charge on any atom is -0.493 e. The molecule has 0 aromatic heterocycles. The Kier molecular flexibility index (Phi) is 4.92. The van der Waals surface area contributed by atoms with E-state index in [1.54, 1.807) is 12.1 Å². The number of fused-ring (bicyclic) bond motifs is 2. The molecule has 2 aromatic carbocycles. The number of hydrogen-bond acceptors (Lipinski definition) is 3. The first-order valence-electron chi connectivity index (χ1n) is 9.44. The smallest absolute Gasteiger partial charge is 0.186 e. The van der Waals surface area contributed by atoms with Gasteiger partial charge in [-0.05, 0) is 66.8 Å². The highest BCUT2D eigenvalue weighted by Gasteiger charge is 2.27. The first kappa shape index (κ1) is 18.7. The molecule has 0 saturated heterocycles. The SMILES string of the molecule is CC1COc2cc(CCC3COc4c(cc(F)c(C#N)c4F)C3)c(F)cc2C1. The lowest BCUT2D eigenvalue weighted by molar-refractivity contribution is 0.203. The van der Waals surface area contributed by atoms with E-state index in [1.165, 1.54) is 6.07 Å². The van der Waals surface area contributed by atoms with E-state index in [2.05, 4.69) is 6.92 Å². The van der Waals surface area contributed by atoms with E-state index in [-0.39, 0.29) is 24.1 Å². The van der Waals surface area contributed by atoms with E-state index in [9.17, 15) is 13.2 Å². The quantitative estimate of drug-likeness (QED) is 0.765. The molecule has 2 aliphatic heterocycles. The van der Waals surface area contributed by atoms with Crippen molar-refractivity contribution in [1.29, 1.82) is 5.26 Å². The van der Waals surface area contributed by atoms with Gasteiger partial charge in [0.15, 0.2) is 11.6 Å². The van der Waals surface area contributed by atoms with Crippen molar-refractivity contribution in [2.75, 3.05) is 13.2 Å². The van der Waals surface area contributed by atoms with Crippen molar-refractivity contribution in [3.05, 3.63) is 57.9 Å². The van der Waals surface area contributed by atoms with Crippen LogP contribution in [0.25, 0.3) is 0 Å². The van der Waals surface area contributed by atoms with Gasteiger partial charge in [-0.15, -0.1) is 0 Å². The Morgan fingerprint density at radius 1 is 1.04 bits per heavy atom. The fourth-order valence-corrected chi connectivity index (χ4v) is 3.96. The molecule has 0 aliphatic carbocycles. The van der Waals surface area contributed by atoms with Crippen molar-refractivity contribution >= 4 is 0 Å². The summed E-state index contributed by atoms with van der Waals surface area (Å²) in [6, 6.07) is 6.01. The Labute approximate surface area is 161 Å². The van der Waals surface area contributed by atoms with Gasteiger partial charge in [-0.2, -0.15) is 5.26 Å². The maximum atomic E-state index is 14.5. The van der Waals surface area contributed by atoms with Crippen molar-refractivity contribution in [1.82, 2.24) is 0 Å². The van der Waals surface area contributed by atoms with E-state index in [4.69, 9.17) is 14.7 Å². The van der Waals surface area contributed by atoms with Gasteiger partial charge in [0.25, 0.3) is 0 Å². The minimum atomic E-state index is -0.942. The third kappa shape index (κ3) is 3.42. The van der Waals surface area contributed by atoms with E-state index in [0.717, 1.165) is 23.8 Å². The van der Waals surface area contributed by atoms with Crippen LogP contribution >= 0.6 is 0 Å². The zero-order valence-electron chi connectivity index (χ0n) is 15.5. The molecule has 0 radical (unpaired) electrons. The van der Waals surface area contributed by atoms with E-state index in [1.807, 2.05) is 0 Å². The monoisotopic (exact) mass is 387 g/mol. The van der Waals surface area contributed by atoms with E-state index >= 15 is 0 Å².